The fraction of sp³-hybridized carbons (Fsp3) is 0.600. The Balaban J connectivity index is 1.67. The highest BCUT2D eigenvalue weighted by molar-refractivity contribution is 5.94. The molecule has 0 bridgehead atoms. The normalized spacial score (nSPS) is 17.3. The zero-order valence-electron chi connectivity index (χ0n) is 21.0. The number of nitrogens with one attached hydrogen (secondary N) is 1. The number of aromatic nitrogens is 1. The predicted molar refractivity (Wildman–Crippen MR) is 140 cm³/mol. The van der Waals surface area contributed by atoms with Crippen LogP contribution in [0.15, 0.2) is 36.4 Å². The van der Waals surface area contributed by atoms with Crippen LogP contribution in [-0.2, 0) is 13.0 Å². The number of rotatable bonds is 6. The van der Waals surface area contributed by atoms with Gasteiger partial charge in [-0.25, -0.2) is 4.98 Å². The van der Waals surface area contributed by atoms with Gasteiger partial charge < -0.3 is 5.32 Å². The highest BCUT2D eigenvalue weighted by Gasteiger charge is 2.15. The Labute approximate surface area is 201 Å². The summed E-state index contributed by atoms with van der Waals surface area (Å²) in [5.41, 5.74) is 4.49. The van der Waals surface area contributed by atoms with Crippen molar-refractivity contribution in [2.75, 3.05) is 5.32 Å². The molecule has 0 saturated heterocycles. The van der Waals surface area contributed by atoms with Crippen molar-refractivity contribution in [3.05, 3.63) is 58.8 Å². The molecule has 3 nitrogen and oxygen atoms in total. The van der Waals surface area contributed by atoms with Crippen LogP contribution < -0.4 is 5.32 Å². The Morgan fingerprint density at radius 3 is 1.88 bits per heavy atom. The van der Waals surface area contributed by atoms with Crippen molar-refractivity contribution in [2.45, 2.75) is 116 Å². The summed E-state index contributed by atoms with van der Waals surface area (Å²) in [5.74, 6) is 1.72. The Morgan fingerprint density at radius 1 is 0.818 bits per heavy atom. The highest BCUT2D eigenvalue weighted by atomic mass is 16.1. The molecule has 3 rings (SSSR count). The monoisotopic (exact) mass is 448 g/mol. The lowest BCUT2D eigenvalue weighted by Gasteiger charge is -2.20. The first-order valence-corrected chi connectivity index (χ1v) is 13.5. The second-order valence-electron chi connectivity index (χ2n) is 9.87. The summed E-state index contributed by atoms with van der Waals surface area (Å²) >= 11 is 0. The van der Waals surface area contributed by atoms with E-state index in [9.17, 15) is 4.79 Å². The first-order chi connectivity index (χ1) is 16.2. The molecule has 180 valence electrons. The number of ketones is 1. The number of carbonyl (C=O) groups is 1. The quantitative estimate of drug-likeness (QED) is 0.450. The maximum absolute atomic E-state index is 11.5. The predicted octanol–water partition coefficient (Wildman–Crippen LogP) is 8.63. The summed E-state index contributed by atoms with van der Waals surface area (Å²) < 4.78 is 0. The van der Waals surface area contributed by atoms with Crippen molar-refractivity contribution in [3.63, 3.8) is 0 Å². The van der Waals surface area contributed by atoms with E-state index in [1.165, 1.54) is 100 Å². The first kappa shape index (κ1) is 25.5. The van der Waals surface area contributed by atoms with Gasteiger partial charge in [0, 0.05) is 23.7 Å². The number of hydrogen-bond donors (Lipinski definition) is 1. The third-order valence-electron chi connectivity index (χ3n) is 7.23. The van der Waals surface area contributed by atoms with Crippen molar-refractivity contribution in [3.8, 4) is 0 Å². The van der Waals surface area contributed by atoms with Gasteiger partial charge in [0.1, 0.15) is 5.82 Å². The summed E-state index contributed by atoms with van der Waals surface area (Å²) in [6.45, 7) is 4.54. The molecule has 1 fully saturated rings. The third-order valence-corrected chi connectivity index (χ3v) is 7.23. The van der Waals surface area contributed by atoms with E-state index in [4.69, 9.17) is 4.98 Å². The fourth-order valence-electron chi connectivity index (χ4n) is 5.02. The minimum absolute atomic E-state index is 0.111. The molecule has 1 saturated carbocycles. The molecule has 3 heteroatoms. The lowest BCUT2D eigenvalue weighted by Crippen LogP contribution is -2.09. The molecule has 1 aromatic carbocycles. The summed E-state index contributed by atoms with van der Waals surface area (Å²) in [6, 6.07) is 12.5. The van der Waals surface area contributed by atoms with E-state index in [1.54, 1.807) is 6.92 Å². The van der Waals surface area contributed by atoms with E-state index in [2.05, 4.69) is 24.4 Å². The molecule has 0 aliphatic heterocycles. The molecule has 0 radical (unpaired) electrons. The Hall–Kier alpha value is -2.16. The minimum Gasteiger partial charge on any atom is -0.366 e. The first-order valence-electron chi connectivity index (χ1n) is 13.5. The number of carbonyl (C=O) groups excluding carboxylic acids is 1. The van der Waals surface area contributed by atoms with Gasteiger partial charge >= 0.3 is 0 Å². The molecule has 0 atom stereocenters. The van der Waals surface area contributed by atoms with E-state index >= 15 is 0 Å². The van der Waals surface area contributed by atoms with Crippen LogP contribution in [0.2, 0.25) is 0 Å². The van der Waals surface area contributed by atoms with Gasteiger partial charge in [-0.1, -0.05) is 108 Å². The van der Waals surface area contributed by atoms with Crippen LogP contribution in [-0.4, -0.2) is 10.8 Å². The largest absolute Gasteiger partial charge is 0.366 e. The van der Waals surface area contributed by atoms with Crippen LogP contribution in [0.4, 0.5) is 5.82 Å². The van der Waals surface area contributed by atoms with Crippen LogP contribution in [0.25, 0.3) is 0 Å². The molecular formula is C30H44N2O. The average molecular weight is 449 g/mol. The standard InChI is InChI=1S/C30H44N2O/c1-3-26-21-22-29(28-15-13-11-9-7-5-4-6-8-10-12-14-16-28)32-30(26)31-23-25-17-19-27(20-18-25)24(2)33/h17-22,28H,3-16,23H2,1-2H3,(H,31,32). The van der Waals surface area contributed by atoms with E-state index < -0.39 is 0 Å². The van der Waals surface area contributed by atoms with Crippen molar-refractivity contribution < 1.29 is 4.79 Å². The number of pyridine rings is 1. The van der Waals surface area contributed by atoms with Crippen LogP contribution in [0.5, 0.6) is 0 Å². The van der Waals surface area contributed by atoms with Gasteiger partial charge in [-0.05, 0) is 43.4 Å². The molecule has 0 amide bonds. The molecule has 1 heterocycles. The molecule has 2 aromatic rings. The zero-order chi connectivity index (χ0) is 23.3. The Morgan fingerprint density at radius 2 is 1.36 bits per heavy atom. The molecule has 1 aliphatic carbocycles. The van der Waals surface area contributed by atoms with Gasteiger partial charge in [-0.2, -0.15) is 0 Å². The molecule has 1 N–H and O–H groups in total. The SMILES string of the molecule is CCc1ccc(C2CCCCCCCCCCCCC2)nc1NCc1ccc(C(C)=O)cc1. The average Bonchev–Trinajstić information content (AvgIpc) is 2.84. The third kappa shape index (κ3) is 8.61. The second-order valence-corrected chi connectivity index (χ2v) is 9.87. The van der Waals surface area contributed by atoms with Gasteiger partial charge in [-0.3, -0.25) is 4.79 Å². The Kier molecular flexibility index (Phi) is 10.9. The lowest BCUT2D eigenvalue weighted by molar-refractivity contribution is 0.101. The van der Waals surface area contributed by atoms with Crippen molar-refractivity contribution in [2.24, 2.45) is 0 Å². The van der Waals surface area contributed by atoms with E-state index in [0.29, 0.717) is 5.92 Å². The van der Waals surface area contributed by atoms with Gasteiger partial charge in [-0.15, -0.1) is 0 Å². The van der Waals surface area contributed by atoms with Crippen LogP contribution >= 0.6 is 0 Å². The second kappa shape index (κ2) is 14.2. The van der Waals surface area contributed by atoms with Crippen molar-refractivity contribution in [1.82, 2.24) is 4.98 Å². The van der Waals surface area contributed by atoms with E-state index in [0.717, 1.165) is 24.3 Å². The van der Waals surface area contributed by atoms with Gasteiger partial charge in [0.25, 0.3) is 0 Å². The number of nitrogens with zero attached hydrogens (tertiary/aromatic N) is 1. The molecule has 0 unspecified atom stereocenters. The Bertz CT molecular complexity index is 829. The maximum Gasteiger partial charge on any atom is 0.159 e. The van der Waals surface area contributed by atoms with Crippen LogP contribution in [0, 0.1) is 0 Å². The van der Waals surface area contributed by atoms with Crippen LogP contribution in [0.1, 0.15) is 130 Å². The fourth-order valence-corrected chi connectivity index (χ4v) is 5.02. The molecule has 33 heavy (non-hydrogen) atoms. The summed E-state index contributed by atoms with van der Waals surface area (Å²) in [5, 5.41) is 3.60. The maximum atomic E-state index is 11.5. The number of Topliss-reactive ketones (excluding diaryl/α,β-unsaturated/α-hetero) is 1. The minimum atomic E-state index is 0.111. The molecule has 0 spiro atoms. The van der Waals surface area contributed by atoms with Crippen LogP contribution in [0.3, 0.4) is 0 Å². The van der Waals surface area contributed by atoms with Crippen molar-refractivity contribution in [1.29, 1.82) is 0 Å². The molecular weight excluding hydrogens is 404 g/mol. The molecule has 1 aliphatic rings. The van der Waals surface area contributed by atoms with Gasteiger partial charge in [0.15, 0.2) is 5.78 Å². The molecule has 1 aromatic heterocycles. The number of anilines is 1. The number of hydrogen-bond acceptors (Lipinski definition) is 3. The summed E-state index contributed by atoms with van der Waals surface area (Å²) in [6.07, 6.45) is 18.8. The number of benzene rings is 1. The lowest BCUT2D eigenvalue weighted by atomic mass is 9.90. The van der Waals surface area contributed by atoms with E-state index in [-0.39, 0.29) is 5.78 Å². The van der Waals surface area contributed by atoms with E-state index in [1.807, 2.05) is 24.3 Å². The van der Waals surface area contributed by atoms with Gasteiger partial charge in [0.2, 0.25) is 0 Å². The van der Waals surface area contributed by atoms with Crippen molar-refractivity contribution >= 4 is 11.6 Å². The summed E-state index contributed by atoms with van der Waals surface area (Å²) in [7, 11) is 0. The smallest absolute Gasteiger partial charge is 0.159 e. The number of aryl methyl sites for hydroxylation is 1. The van der Waals surface area contributed by atoms with Gasteiger partial charge in [0.05, 0.1) is 0 Å². The highest BCUT2D eigenvalue weighted by Crippen LogP contribution is 2.30. The summed E-state index contributed by atoms with van der Waals surface area (Å²) in [4.78, 5) is 16.7. The topological polar surface area (TPSA) is 42.0 Å². The zero-order valence-corrected chi connectivity index (χ0v) is 21.0.